The van der Waals surface area contributed by atoms with Crippen molar-refractivity contribution in [2.45, 2.75) is 26.4 Å². The van der Waals surface area contributed by atoms with Crippen molar-refractivity contribution in [3.8, 4) is 17.4 Å². The van der Waals surface area contributed by atoms with E-state index in [1.165, 1.54) is 5.56 Å². The Balaban J connectivity index is 1.37. The molecule has 4 aromatic carbocycles. The van der Waals surface area contributed by atoms with Gasteiger partial charge in [-0.3, -0.25) is 0 Å². The number of benzene rings is 4. The van der Waals surface area contributed by atoms with Crippen LogP contribution < -0.4 is 9.47 Å². The fourth-order valence-corrected chi connectivity index (χ4v) is 5.17. The van der Waals surface area contributed by atoms with E-state index < -0.39 is 0 Å². The van der Waals surface area contributed by atoms with Crippen molar-refractivity contribution in [3.05, 3.63) is 125 Å². The van der Waals surface area contributed by atoms with E-state index in [0.29, 0.717) is 11.7 Å². The number of fused-ring (bicyclic) bond motifs is 6. The summed E-state index contributed by atoms with van der Waals surface area (Å²) >= 11 is 0. The van der Waals surface area contributed by atoms with Crippen LogP contribution in [0, 0.1) is 13.8 Å². The van der Waals surface area contributed by atoms with Crippen LogP contribution in [0.25, 0.3) is 16.4 Å². The van der Waals surface area contributed by atoms with E-state index in [1.807, 2.05) is 30.3 Å². The number of ether oxygens (including phenoxy) is 2. The third-order valence-electron chi connectivity index (χ3n) is 7.18. The van der Waals surface area contributed by atoms with Gasteiger partial charge < -0.3 is 9.47 Å². The third-order valence-corrected chi connectivity index (χ3v) is 7.18. The molecule has 0 saturated heterocycles. The second-order valence-corrected chi connectivity index (χ2v) is 9.40. The lowest BCUT2D eigenvalue weighted by Gasteiger charge is -2.28. The molecule has 0 bridgehead atoms. The molecule has 7 rings (SSSR count). The number of hydrogen-bond donors (Lipinski definition) is 0. The fourth-order valence-electron chi connectivity index (χ4n) is 5.17. The van der Waals surface area contributed by atoms with Gasteiger partial charge in [-0.1, -0.05) is 78.9 Å². The predicted octanol–water partition coefficient (Wildman–Crippen LogP) is 6.76. The molecule has 0 N–H and O–H groups in total. The first-order chi connectivity index (χ1) is 18.2. The van der Waals surface area contributed by atoms with Gasteiger partial charge in [-0.2, -0.15) is 0 Å². The molecule has 1 aliphatic heterocycles. The van der Waals surface area contributed by atoms with E-state index >= 15 is 0 Å². The Morgan fingerprint density at radius 3 is 2.62 bits per heavy atom. The van der Waals surface area contributed by atoms with Crippen molar-refractivity contribution in [2.24, 2.45) is 0 Å². The minimum atomic E-state index is -0.0993. The van der Waals surface area contributed by atoms with Gasteiger partial charge in [0.2, 0.25) is 5.88 Å². The monoisotopic (exact) mass is 484 g/mol. The Kier molecular flexibility index (Phi) is 4.92. The first kappa shape index (κ1) is 21.6. The molecule has 1 atom stereocenters. The van der Waals surface area contributed by atoms with Gasteiger partial charge in [-0.15, -0.1) is 5.10 Å². The highest BCUT2D eigenvalue weighted by molar-refractivity contribution is 5.91. The SMILES string of the molecule is Cc1cccc(OCc2nc3c4c(ncn3n2)Oc2c(ccc3ccccc23)C4c2ccccc2)c1C. The Labute approximate surface area is 214 Å². The van der Waals surface area contributed by atoms with Gasteiger partial charge >= 0.3 is 0 Å². The van der Waals surface area contributed by atoms with Crippen LogP contribution in [0.3, 0.4) is 0 Å². The zero-order chi connectivity index (χ0) is 24.9. The molecule has 6 nitrogen and oxygen atoms in total. The summed E-state index contributed by atoms with van der Waals surface area (Å²) in [5, 5.41) is 6.88. The standard InChI is InChI=1S/C31H24N4O2/c1-19-9-8-14-25(20(19)2)36-17-26-33-30-28-27(22-11-4-3-5-12-22)24-16-15-21-10-6-7-13-23(21)29(24)37-31(28)32-18-35(30)34-26/h3-16,18,27H,17H2,1-2H3. The number of rotatable bonds is 4. The molecule has 3 heterocycles. The van der Waals surface area contributed by atoms with Crippen molar-refractivity contribution in [2.75, 3.05) is 0 Å². The smallest absolute Gasteiger partial charge is 0.228 e. The molecule has 0 amide bonds. The topological polar surface area (TPSA) is 61.5 Å². The molecule has 2 aromatic heterocycles. The summed E-state index contributed by atoms with van der Waals surface area (Å²) in [7, 11) is 0. The average Bonchev–Trinajstić information content (AvgIpc) is 3.36. The van der Waals surface area contributed by atoms with Crippen molar-refractivity contribution >= 4 is 16.4 Å². The van der Waals surface area contributed by atoms with Crippen molar-refractivity contribution in [1.82, 2.24) is 19.6 Å². The van der Waals surface area contributed by atoms with Crippen LogP contribution in [0.15, 0.2) is 91.3 Å². The van der Waals surface area contributed by atoms with Gasteiger partial charge in [0, 0.05) is 16.9 Å². The molecule has 180 valence electrons. The van der Waals surface area contributed by atoms with E-state index in [-0.39, 0.29) is 12.5 Å². The second kappa shape index (κ2) is 8.45. The molecule has 37 heavy (non-hydrogen) atoms. The molecule has 0 fully saturated rings. The summed E-state index contributed by atoms with van der Waals surface area (Å²) in [6.07, 6.45) is 1.67. The first-order valence-electron chi connectivity index (χ1n) is 12.3. The summed E-state index contributed by atoms with van der Waals surface area (Å²) in [5.41, 5.74) is 6.16. The first-order valence-corrected chi connectivity index (χ1v) is 12.3. The minimum Gasteiger partial charge on any atom is -0.485 e. The maximum atomic E-state index is 6.49. The number of aryl methyl sites for hydroxylation is 1. The Morgan fingerprint density at radius 2 is 1.73 bits per heavy atom. The molecular formula is C31H24N4O2. The van der Waals surface area contributed by atoms with Gasteiger partial charge in [-0.25, -0.2) is 14.5 Å². The van der Waals surface area contributed by atoms with Crippen LogP contribution in [0.1, 0.15) is 39.6 Å². The van der Waals surface area contributed by atoms with E-state index in [1.54, 1.807) is 10.8 Å². The summed E-state index contributed by atoms with van der Waals surface area (Å²) in [6, 6.07) is 29.1. The molecule has 0 saturated carbocycles. The minimum absolute atomic E-state index is 0.0993. The lowest BCUT2D eigenvalue weighted by Crippen LogP contribution is -2.15. The average molecular weight is 485 g/mol. The zero-order valence-electron chi connectivity index (χ0n) is 20.6. The largest absolute Gasteiger partial charge is 0.485 e. The van der Waals surface area contributed by atoms with Gasteiger partial charge in [-0.05, 0) is 42.0 Å². The van der Waals surface area contributed by atoms with E-state index in [2.05, 4.69) is 78.5 Å². The number of nitrogens with zero attached hydrogens (tertiary/aromatic N) is 4. The molecule has 0 radical (unpaired) electrons. The van der Waals surface area contributed by atoms with Crippen LogP contribution in [0.4, 0.5) is 0 Å². The molecule has 1 aliphatic rings. The molecule has 6 aromatic rings. The van der Waals surface area contributed by atoms with Crippen LogP contribution in [0.2, 0.25) is 0 Å². The molecule has 1 unspecified atom stereocenters. The summed E-state index contributed by atoms with van der Waals surface area (Å²) in [5.74, 6) is 2.73. The fraction of sp³-hybridized carbons (Fsp3) is 0.129. The Morgan fingerprint density at radius 1 is 0.892 bits per heavy atom. The Bertz CT molecular complexity index is 1790. The van der Waals surface area contributed by atoms with Gasteiger partial charge in [0.25, 0.3) is 0 Å². The normalized spacial score (nSPS) is 14.3. The molecule has 0 aliphatic carbocycles. The van der Waals surface area contributed by atoms with E-state index in [4.69, 9.17) is 14.5 Å². The lowest BCUT2D eigenvalue weighted by atomic mass is 9.83. The van der Waals surface area contributed by atoms with Crippen molar-refractivity contribution in [3.63, 3.8) is 0 Å². The van der Waals surface area contributed by atoms with Gasteiger partial charge in [0.15, 0.2) is 11.5 Å². The maximum absolute atomic E-state index is 6.49. The second-order valence-electron chi connectivity index (χ2n) is 9.40. The summed E-state index contributed by atoms with van der Waals surface area (Å²) < 4.78 is 14.3. The number of hydrogen-bond acceptors (Lipinski definition) is 5. The zero-order valence-corrected chi connectivity index (χ0v) is 20.6. The highest BCUT2D eigenvalue weighted by Gasteiger charge is 2.34. The summed E-state index contributed by atoms with van der Waals surface area (Å²) in [6.45, 7) is 4.40. The van der Waals surface area contributed by atoms with E-state index in [9.17, 15) is 0 Å². The van der Waals surface area contributed by atoms with E-state index in [0.717, 1.165) is 50.2 Å². The van der Waals surface area contributed by atoms with Crippen molar-refractivity contribution < 1.29 is 9.47 Å². The third kappa shape index (κ3) is 3.52. The predicted molar refractivity (Wildman–Crippen MR) is 142 cm³/mol. The highest BCUT2D eigenvalue weighted by atomic mass is 16.5. The van der Waals surface area contributed by atoms with Crippen LogP contribution in [0.5, 0.6) is 17.4 Å². The summed E-state index contributed by atoms with van der Waals surface area (Å²) in [4.78, 5) is 9.59. The van der Waals surface area contributed by atoms with Gasteiger partial charge in [0.1, 0.15) is 24.4 Å². The number of aromatic nitrogens is 4. The highest BCUT2D eigenvalue weighted by Crippen LogP contribution is 2.50. The van der Waals surface area contributed by atoms with Crippen LogP contribution in [-0.2, 0) is 6.61 Å². The lowest BCUT2D eigenvalue weighted by molar-refractivity contribution is 0.294. The molecule has 6 heteroatoms. The van der Waals surface area contributed by atoms with Gasteiger partial charge in [0.05, 0.1) is 5.56 Å². The van der Waals surface area contributed by atoms with Crippen LogP contribution in [-0.4, -0.2) is 19.6 Å². The maximum Gasteiger partial charge on any atom is 0.228 e. The van der Waals surface area contributed by atoms with Crippen molar-refractivity contribution in [1.29, 1.82) is 0 Å². The van der Waals surface area contributed by atoms with Crippen LogP contribution >= 0.6 is 0 Å². The quantitative estimate of drug-likeness (QED) is 0.276. The Hall–Kier alpha value is -4.71. The molecular weight excluding hydrogens is 460 g/mol. The molecule has 0 spiro atoms.